The Morgan fingerprint density at radius 1 is 1.14 bits per heavy atom. The Morgan fingerprint density at radius 3 is 2.72 bits per heavy atom. The summed E-state index contributed by atoms with van der Waals surface area (Å²) in [5.74, 6) is 2.17. The van der Waals surface area contributed by atoms with Crippen LogP contribution >= 0.6 is 11.8 Å². The maximum Gasteiger partial charge on any atom is 0.234 e. The molecule has 1 aliphatic heterocycles. The van der Waals surface area contributed by atoms with Gasteiger partial charge in [0.1, 0.15) is 0 Å². The van der Waals surface area contributed by atoms with E-state index >= 15 is 0 Å². The second-order valence-electron chi connectivity index (χ2n) is 8.73. The molecule has 0 atom stereocenters. The van der Waals surface area contributed by atoms with Gasteiger partial charge < -0.3 is 10.2 Å². The zero-order valence-corrected chi connectivity index (χ0v) is 17.9. The van der Waals surface area contributed by atoms with Crippen LogP contribution in [0.3, 0.4) is 0 Å². The molecule has 29 heavy (non-hydrogen) atoms. The van der Waals surface area contributed by atoms with Gasteiger partial charge in [-0.2, -0.15) is 0 Å². The Balaban J connectivity index is 1.23. The Hall–Kier alpha value is -2.02. The van der Waals surface area contributed by atoms with Gasteiger partial charge in [-0.3, -0.25) is 9.36 Å². The first-order chi connectivity index (χ1) is 14.2. The summed E-state index contributed by atoms with van der Waals surface area (Å²) >= 11 is 1.50. The van der Waals surface area contributed by atoms with Gasteiger partial charge in [0.2, 0.25) is 11.9 Å². The summed E-state index contributed by atoms with van der Waals surface area (Å²) in [7, 11) is 0. The number of nitrogens with one attached hydrogen (secondary N) is 1. The van der Waals surface area contributed by atoms with Gasteiger partial charge in [0.05, 0.1) is 5.75 Å². The van der Waals surface area contributed by atoms with Crippen LogP contribution in [0.5, 0.6) is 0 Å². The van der Waals surface area contributed by atoms with Gasteiger partial charge >= 0.3 is 0 Å². The molecule has 0 bridgehead atoms. The fourth-order valence-electron chi connectivity index (χ4n) is 4.42. The van der Waals surface area contributed by atoms with Crippen LogP contribution in [0.2, 0.25) is 0 Å². The average Bonchev–Trinajstić information content (AvgIpc) is 3.30. The number of aryl methyl sites for hydroxylation is 2. The Kier molecular flexibility index (Phi) is 5.24. The summed E-state index contributed by atoms with van der Waals surface area (Å²) in [5, 5.41) is 12.9. The van der Waals surface area contributed by atoms with Crippen molar-refractivity contribution >= 4 is 29.3 Å². The number of fused-ring (bicyclic) bond motifs is 1. The molecule has 0 unspecified atom stereocenters. The van der Waals surface area contributed by atoms with Crippen LogP contribution in [0.25, 0.3) is 0 Å². The van der Waals surface area contributed by atoms with Gasteiger partial charge in [-0.05, 0) is 74.1 Å². The first-order valence-corrected chi connectivity index (χ1v) is 11.9. The fraction of sp³-hybridized carbons (Fsp3) is 0.591. The normalized spacial score (nSPS) is 19.4. The van der Waals surface area contributed by atoms with Crippen molar-refractivity contribution in [2.24, 2.45) is 5.92 Å². The predicted octanol–water partition coefficient (Wildman–Crippen LogP) is 4.07. The van der Waals surface area contributed by atoms with E-state index in [9.17, 15) is 4.79 Å². The molecular formula is C22H29N5OS. The maximum absolute atomic E-state index is 12.5. The number of piperidine rings is 1. The summed E-state index contributed by atoms with van der Waals surface area (Å²) in [5.41, 5.74) is 3.71. The quantitative estimate of drug-likeness (QED) is 0.726. The molecule has 2 fully saturated rings. The lowest BCUT2D eigenvalue weighted by atomic mass is 10.00. The van der Waals surface area contributed by atoms with Crippen molar-refractivity contribution in [3.05, 3.63) is 29.3 Å². The molecular weight excluding hydrogens is 382 g/mol. The van der Waals surface area contributed by atoms with Crippen molar-refractivity contribution in [2.45, 2.75) is 63.1 Å². The zero-order valence-electron chi connectivity index (χ0n) is 17.1. The van der Waals surface area contributed by atoms with E-state index in [4.69, 9.17) is 0 Å². The van der Waals surface area contributed by atoms with Crippen LogP contribution in [0.4, 0.5) is 11.6 Å². The van der Waals surface area contributed by atoms with Crippen molar-refractivity contribution in [1.29, 1.82) is 0 Å². The second-order valence-corrected chi connectivity index (χ2v) is 9.67. The Morgan fingerprint density at radius 2 is 1.93 bits per heavy atom. The zero-order chi connectivity index (χ0) is 19.8. The van der Waals surface area contributed by atoms with Gasteiger partial charge in [0.15, 0.2) is 5.16 Å². The van der Waals surface area contributed by atoms with Gasteiger partial charge in [-0.15, -0.1) is 10.2 Å². The number of hydrogen-bond donors (Lipinski definition) is 1. The third kappa shape index (κ3) is 4.15. The third-order valence-electron chi connectivity index (χ3n) is 6.34. The highest BCUT2D eigenvalue weighted by Crippen LogP contribution is 2.41. The van der Waals surface area contributed by atoms with Crippen molar-refractivity contribution in [3.63, 3.8) is 0 Å². The summed E-state index contributed by atoms with van der Waals surface area (Å²) in [4.78, 5) is 14.9. The lowest BCUT2D eigenvalue weighted by molar-refractivity contribution is -0.113. The van der Waals surface area contributed by atoms with E-state index in [0.29, 0.717) is 11.8 Å². The van der Waals surface area contributed by atoms with E-state index in [2.05, 4.69) is 44.0 Å². The van der Waals surface area contributed by atoms with Gasteiger partial charge in [-0.1, -0.05) is 24.8 Å². The first-order valence-electron chi connectivity index (χ1n) is 10.9. The molecule has 5 rings (SSSR count). The van der Waals surface area contributed by atoms with Crippen molar-refractivity contribution in [3.8, 4) is 0 Å². The molecule has 1 saturated heterocycles. The number of amides is 1. The number of anilines is 2. The minimum Gasteiger partial charge on any atom is -0.341 e. The van der Waals surface area contributed by atoms with E-state index in [1.54, 1.807) is 0 Å². The highest BCUT2D eigenvalue weighted by atomic mass is 32.2. The number of nitrogens with zero attached hydrogens (tertiary/aromatic N) is 4. The smallest absolute Gasteiger partial charge is 0.234 e. The second kappa shape index (κ2) is 8.01. The molecule has 0 radical (unpaired) electrons. The summed E-state index contributed by atoms with van der Waals surface area (Å²) in [6, 6.07) is 6.81. The van der Waals surface area contributed by atoms with Crippen LogP contribution < -0.4 is 10.2 Å². The fourth-order valence-corrected chi connectivity index (χ4v) is 5.22. The summed E-state index contributed by atoms with van der Waals surface area (Å²) in [6.45, 7) is 4.43. The van der Waals surface area contributed by atoms with Crippen LogP contribution in [-0.4, -0.2) is 39.5 Å². The van der Waals surface area contributed by atoms with Crippen LogP contribution in [0.1, 0.15) is 56.2 Å². The Labute approximate surface area is 176 Å². The van der Waals surface area contributed by atoms with Gasteiger partial charge in [-0.25, -0.2) is 0 Å². The van der Waals surface area contributed by atoms with E-state index in [-0.39, 0.29) is 5.91 Å². The molecule has 1 N–H and O–H groups in total. The van der Waals surface area contributed by atoms with E-state index in [1.165, 1.54) is 55.0 Å². The van der Waals surface area contributed by atoms with Crippen molar-refractivity contribution in [1.82, 2.24) is 14.8 Å². The number of hydrogen-bond acceptors (Lipinski definition) is 5. The largest absolute Gasteiger partial charge is 0.341 e. The monoisotopic (exact) mass is 411 g/mol. The van der Waals surface area contributed by atoms with E-state index in [1.807, 2.05) is 6.07 Å². The lowest BCUT2D eigenvalue weighted by Crippen LogP contribution is -2.34. The van der Waals surface area contributed by atoms with Crippen molar-refractivity contribution in [2.75, 3.05) is 29.1 Å². The highest BCUT2D eigenvalue weighted by molar-refractivity contribution is 7.99. The molecule has 1 amide bonds. The molecule has 7 heteroatoms. The third-order valence-corrected chi connectivity index (χ3v) is 7.28. The molecule has 2 aliphatic carbocycles. The van der Waals surface area contributed by atoms with Crippen LogP contribution in [0.15, 0.2) is 23.4 Å². The van der Waals surface area contributed by atoms with E-state index < -0.39 is 0 Å². The summed E-state index contributed by atoms with van der Waals surface area (Å²) in [6.07, 6.45) is 8.29. The van der Waals surface area contributed by atoms with Crippen molar-refractivity contribution < 1.29 is 4.79 Å². The highest BCUT2D eigenvalue weighted by Gasteiger charge is 2.32. The molecule has 154 valence electrons. The Bertz CT molecular complexity index is 899. The molecule has 3 aliphatic rings. The average molecular weight is 412 g/mol. The van der Waals surface area contributed by atoms with Gasteiger partial charge in [0.25, 0.3) is 0 Å². The minimum atomic E-state index is 0.0200. The maximum atomic E-state index is 12.5. The van der Waals surface area contributed by atoms with E-state index in [0.717, 1.165) is 48.6 Å². The molecule has 0 spiro atoms. The molecule has 2 heterocycles. The standard InChI is InChI=1S/C22H29N5OS/c1-15-9-11-26(12-10-15)21-24-25-22(27(21)19-7-8-19)29-14-20(28)23-18-6-5-16-3-2-4-17(16)13-18/h5-6,13,15,19H,2-4,7-12,14H2,1H3,(H,23,28). The SMILES string of the molecule is CC1CCN(c2nnc(SCC(=O)Nc3ccc4c(c3)CCC4)n2C2CC2)CC1. The molecule has 6 nitrogen and oxygen atoms in total. The molecule has 1 aromatic carbocycles. The summed E-state index contributed by atoms with van der Waals surface area (Å²) < 4.78 is 2.28. The van der Waals surface area contributed by atoms with Crippen LogP contribution in [0, 0.1) is 5.92 Å². The molecule has 1 saturated carbocycles. The first kappa shape index (κ1) is 19.0. The number of benzene rings is 1. The molecule has 1 aromatic heterocycles. The predicted molar refractivity (Wildman–Crippen MR) is 117 cm³/mol. The number of carbonyl (C=O) groups is 1. The molecule has 2 aromatic rings. The van der Waals surface area contributed by atoms with Gasteiger partial charge in [0, 0.05) is 24.8 Å². The topological polar surface area (TPSA) is 63.1 Å². The number of rotatable bonds is 6. The van der Waals surface area contributed by atoms with Crippen LogP contribution in [-0.2, 0) is 17.6 Å². The number of thioether (sulfide) groups is 1. The number of aromatic nitrogens is 3. The lowest BCUT2D eigenvalue weighted by Gasteiger charge is -2.31. The minimum absolute atomic E-state index is 0.0200. The number of carbonyl (C=O) groups excluding carboxylic acids is 1.